The summed E-state index contributed by atoms with van der Waals surface area (Å²) in [5.41, 5.74) is 0.0589. The SMILES string of the molecule is CC(C)OCCNS(=O)(=O)c1c(Cl)ccc(NC(=O)Nc2cccc(Cl)c2Cl)c1O. The Kier molecular flexibility index (Phi) is 8.60. The number of ether oxygens (including phenoxy) is 1. The van der Waals surface area contributed by atoms with Crippen molar-refractivity contribution in [1.29, 1.82) is 0 Å². The van der Waals surface area contributed by atoms with Gasteiger partial charge in [-0.2, -0.15) is 0 Å². The minimum Gasteiger partial charge on any atom is -0.504 e. The molecule has 0 spiro atoms. The molecule has 0 radical (unpaired) electrons. The van der Waals surface area contributed by atoms with Gasteiger partial charge in [0.05, 0.1) is 39.2 Å². The van der Waals surface area contributed by atoms with Gasteiger partial charge in [-0.1, -0.05) is 40.9 Å². The highest BCUT2D eigenvalue weighted by Crippen LogP contribution is 2.37. The summed E-state index contributed by atoms with van der Waals surface area (Å²) < 4.78 is 32.7. The van der Waals surface area contributed by atoms with Crippen LogP contribution in [0.5, 0.6) is 5.75 Å². The van der Waals surface area contributed by atoms with E-state index in [2.05, 4.69) is 15.4 Å². The molecule has 0 aliphatic heterocycles. The molecule has 0 aliphatic carbocycles. The maximum atomic E-state index is 12.6. The second-order valence-corrected chi connectivity index (χ2v) is 9.17. The first-order chi connectivity index (χ1) is 14.0. The molecule has 4 N–H and O–H groups in total. The lowest BCUT2D eigenvalue weighted by molar-refractivity contribution is 0.0834. The first-order valence-electron chi connectivity index (χ1n) is 8.67. The van der Waals surface area contributed by atoms with Crippen molar-refractivity contribution in [2.45, 2.75) is 24.8 Å². The minimum atomic E-state index is -4.17. The number of phenols is 1. The molecule has 0 heterocycles. The van der Waals surface area contributed by atoms with Gasteiger partial charge >= 0.3 is 6.03 Å². The lowest BCUT2D eigenvalue weighted by Gasteiger charge is -2.15. The van der Waals surface area contributed by atoms with Gasteiger partial charge in [-0.15, -0.1) is 0 Å². The van der Waals surface area contributed by atoms with E-state index in [-0.39, 0.29) is 45.7 Å². The summed E-state index contributed by atoms with van der Waals surface area (Å²) in [4.78, 5) is 11.7. The van der Waals surface area contributed by atoms with Crippen LogP contribution in [0.25, 0.3) is 0 Å². The molecule has 2 amide bonds. The minimum absolute atomic E-state index is 0.0261. The molecule has 12 heteroatoms. The summed E-state index contributed by atoms with van der Waals surface area (Å²) in [6, 6.07) is 6.38. The molecule has 30 heavy (non-hydrogen) atoms. The average molecular weight is 497 g/mol. The Bertz CT molecular complexity index is 1030. The summed E-state index contributed by atoms with van der Waals surface area (Å²) >= 11 is 17.9. The van der Waals surface area contributed by atoms with Gasteiger partial charge in [0.2, 0.25) is 10.0 Å². The lowest BCUT2D eigenvalue weighted by atomic mass is 10.3. The number of hydrogen-bond donors (Lipinski definition) is 4. The van der Waals surface area contributed by atoms with Crippen LogP contribution in [0.2, 0.25) is 15.1 Å². The van der Waals surface area contributed by atoms with Crippen LogP contribution in [0.3, 0.4) is 0 Å². The molecular formula is C18H20Cl3N3O5S. The van der Waals surface area contributed by atoms with Crippen LogP contribution in [0.15, 0.2) is 35.2 Å². The van der Waals surface area contributed by atoms with Crippen molar-refractivity contribution in [1.82, 2.24) is 4.72 Å². The summed E-state index contributed by atoms with van der Waals surface area (Å²) in [5.74, 6) is -0.716. The molecule has 8 nitrogen and oxygen atoms in total. The van der Waals surface area contributed by atoms with Crippen LogP contribution >= 0.6 is 34.8 Å². The first-order valence-corrected chi connectivity index (χ1v) is 11.3. The molecule has 0 bridgehead atoms. The van der Waals surface area contributed by atoms with E-state index in [1.165, 1.54) is 18.2 Å². The van der Waals surface area contributed by atoms with Crippen molar-refractivity contribution in [3.8, 4) is 5.75 Å². The lowest BCUT2D eigenvalue weighted by Crippen LogP contribution is -2.29. The molecule has 0 aliphatic rings. The van der Waals surface area contributed by atoms with Crippen LogP contribution in [-0.2, 0) is 14.8 Å². The summed E-state index contributed by atoms with van der Waals surface area (Å²) in [7, 11) is -4.17. The highest BCUT2D eigenvalue weighted by molar-refractivity contribution is 7.89. The fraction of sp³-hybridized carbons (Fsp3) is 0.278. The third kappa shape index (κ3) is 6.37. The molecule has 2 rings (SSSR count). The van der Waals surface area contributed by atoms with Crippen molar-refractivity contribution in [3.63, 3.8) is 0 Å². The van der Waals surface area contributed by atoms with Gasteiger partial charge in [0.15, 0.2) is 5.75 Å². The van der Waals surface area contributed by atoms with Crippen LogP contribution in [-0.4, -0.2) is 38.8 Å². The molecule has 2 aromatic carbocycles. The van der Waals surface area contributed by atoms with E-state index in [0.29, 0.717) is 0 Å². The van der Waals surface area contributed by atoms with E-state index in [9.17, 15) is 18.3 Å². The van der Waals surface area contributed by atoms with Crippen LogP contribution in [0.4, 0.5) is 16.2 Å². The van der Waals surface area contributed by atoms with Crippen molar-refractivity contribution >= 4 is 62.2 Å². The molecule has 0 fully saturated rings. The number of carbonyl (C=O) groups is 1. The fourth-order valence-electron chi connectivity index (χ4n) is 2.32. The van der Waals surface area contributed by atoms with Crippen molar-refractivity contribution < 1.29 is 23.1 Å². The van der Waals surface area contributed by atoms with Crippen molar-refractivity contribution in [2.75, 3.05) is 23.8 Å². The number of hydrogen-bond acceptors (Lipinski definition) is 5. The number of phenolic OH excluding ortho intramolecular Hbond substituents is 1. The normalized spacial score (nSPS) is 11.5. The van der Waals surface area contributed by atoms with Crippen LogP contribution in [0.1, 0.15) is 13.8 Å². The molecular weight excluding hydrogens is 477 g/mol. The Morgan fingerprint density at radius 3 is 2.40 bits per heavy atom. The predicted octanol–water partition coefficient (Wildman–Crippen LogP) is 4.70. The number of anilines is 2. The Morgan fingerprint density at radius 2 is 1.73 bits per heavy atom. The van der Waals surface area contributed by atoms with E-state index in [4.69, 9.17) is 39.5 Å². The van der Waals surface area contributed by atoms with E-state index >= 15 is 0 Å². The van der Waals surface area contributed by atoms with E-state index in [1.807, 2.05) is 13.8 Å². The monoisotopic (exact) mass is 495 g/mol. The van der Waals surface area contributed by atoms with Crippen molar-refractivity contribution in [2.24, 2.45) is 0 Å². The van der Waals surface area contributed by atoms with E-state index in [0.717, 1.165) is 0 Å². The molecule has 0 aromatic heterocycles. The Morgan fingerprint density at radius 1 is 1.07 bits per heavy atom. The maximum Gasteiger partial charge on any atom is 0.323 e. The highest BCUT2D eigenvalue weighted by Gasteiger charge is 2.25. The third-order valence-corrected chi connectivity index (χ3v) is 6.43. The zero-order valence-corrected chi connectivity index (χ0v) is 19.1. The number of halogens is 3. The summed E-state index contributed by atoms with van der Waals surface area (Å²) in [6.07, 6.45) is -0.0643. The van der Waals surface area contributed by atoms with Gasteiger partial charge in [-0.25, -0.2) is 17.9 Å². The van der Waals surface area contributed by atoms with Gasteiger partial charge < -0.3 is 20.5 Å². The second-order valence-electron chi connectivity index (χ2n) is 6.27. The van der Waals surface area contributed by atoms with Gasteiger partial charge in [0.25, 0.3) is 0 Å². The number of urea groups is 1. The number of sulfonamides is 1. The predicted molar refractivity (Wildman–Crippen MR) is 118 cm³/mol. The smallest absolute Gasteiger partial charge is 0.323 e. The Hall–Kier alpha value is -1.75. The number of amides is 2. The molecule has 0 atom stereocenters. The number of rotatable bonds is 8. The molecule has 0 saturated heterocycles. The van der Waals surface area contributed by atoms with Gasteiger partial charge in [0.1, 0.15) is 4.90 Å². The fourth-order valence-corrected chi connectivity index (χ4v) is 4.31. The third-order valence-electron chi connectivity index (χ3n) is 3.65. The Balaban J connectivity index is 2.19. The number of benzene rings is 2. The van der Waals surface area contributed by atoms with E-state index < -0.39 is 26.7 Å². The molecule has 164 valence electrons. The maximum absolute atomic E-state index is 12.6. The number of nitrogens with one attached hydrogen (secondary N) is 3. The number of carbonyl (C=O) groups excluding carboxylic acids is 1. The zero-order chi connectivity index (χ0) is 22.5. The first kappa shape index (κ1) is 24.5. The number of aromatic hydroxyl groups is 1. The van der Waals surface area contributed by atoms with E-state index in [1.54, 1.807) is 12.1 Å². The molecule has 0 unspecified atom stereocenters. The highest BCUT2D eigenvalue weighted by atomic mass is 35.5. The van der Waals surface area contributed by atoms with Crippen LogP contribution < -0.4 is 15.4 Å². The summed E-state index contributed by atoms with van der Waals surface area (Å²) in [5, 5.41) is 15.4. The molecule has 2 aromatic rings. The second kappa shape index (κ2) is 10.5. The quantitative estimate of drug-likeness (QED) is 0.312. The van der Waals surface area contributed by atoms with Crippen LogP contribution in [0, 0.1) is 0 Å². The van der Waals surface area contributed by atoms with Gasteiger partial charge in [-0.05, 0) is 38.1 Å². The average Bonchev–Trinajstić information content (AvgIpc) is 2.65. The van der Waals surface area contributed by atoms with Gasteiger partial charge in [-0.3, -0.25) is 0 Å². The Labute approximate surface area is 189 Å². The van der Waals surface area contributed by atoms with Crippen molar-refractivity contribution in [3.05, 3.63) is 45.4 Å². The van der Waals surface area contributed by atoms with Gasteiger partial charge in [0, 0.05) is 6.54 Å². The topological polar surface area (TPSA) is 117 Å². The molecule has 0 saturated carbocycles. The standard InChI is InChI=1S/C18H20Cl3N3O5S/c1-10(2)29-9-8-22-30(27,28)17-12(20)6-7-14(16(17)25)24-18(26)23-13-5-3-4-11(19)15(13)21/h3-7,10,22,25H,8-9H2,1-2H3,(H2,23,24,26). The largest absolute Gasteiger partial charge is 0.504 e. The summed E-state index contributed by atoms with van der Waals surface area (Å²) in [6.45, 7) is 3.74. The zero-order valence-electron chi connectivity index (χ0n) is 16.0.